The van der Waals surface area contributed by atoms with E-state index in [1.165, 1.54) is 6.42 Å². The summed E-state index contributed by atoms with van der Waals surface area (Å²) in [5.74, 6) is 0. The number of rotatable bonds is 4. The van der Waals surface area contributed by atoms with E-state index in [0.29, 0.717) is 6.04 Å². The fourth-order valence-electron chi connectivity index (χ4n) is 0.584. The molecule has 0 radical (unpaired) electrons. The molecule has 1 heteroatoms. The topological polar surface area (TPSA) is 26.0 Å². The fourth-order valence-corrected chi connectivity index (χ4v) is 0.584. The SMILES string of the molecule is C=CCCC[C@@H](C)N. The van der Waals surface area contributed by atoms with Gasteiger partial charge in [-0.3, -0.25) is 0 Å². The molecule has 0 amide bonds. The second kappa shape index (κ2) is 4.85. The average molecular weight is 113 g/mol. The summed E-state index contributed by atoms with van der Waals surface area (Å²) < 4.78 is 0. The summed E-state index contributed by atoms with van der Waals surface area (Å²) >= 11 is 0. The highest BCUT2D eigenvalue weighted by atomic mass is 14.6. The fraction of sp³-hybridized carbons (Fsp3) is 0.714. The van der Waals surface area contributed by atoms with Crippen molar-refractivity contribution in [2.24, 2.45) is 5.73 Å². The number of allylic oxidation sites excluding steroid dienone is 1. The van der Waals surface area contributed by atoms with Gasteiger partial charge in [0.1, 0.15) is 0 Å². The van der Waals surface area contributed by atoms with Crippen molar-refractivity contribution in [1.82, 2.24) is 0 Å². The lowest BCUT2D eigenvalue weighted by molar-refractivity contribution is 0.630. The van der Waals surface area contributed by atoms with Crippen molar-refractivity contribution in [2.75, 3.05) is 0 Å². The summed E-state index contributed by atoms with van der Waals surface area (Å²) in [6.45, 7) is 5.65. The molecular formula is C7H15N. The van der Waals surface area contributed by atoms with Crippen LogP contribution >= 0.6 is 0 Å². The van der Waals surface area contributed by atoms with E-state index in [9.17, 15) is 0 Å². The van der Waals surface area contributed by atoms with Crippen LogP contribution < -0.4 is 5.73 Å². The third-order valence-corrected chi connectivity index (χ3v) is 1.07. The van der Waals surface area contributed by atoms with Crippen LogP contribution in [0.2, 0.25) is 0 Å². The standard InChI is InChI=1S/C7H15N/c1-3-4-5-6-7(2)8/h3,7H,1,4-6,8H2,2H3/t7-/m1/s1. The lowest BCUT2D eigenvalue weighted by atomic mass is 10.1. The van der Waals surface area contributed by atoms with Crippen LogP contribution in [0, 0.1) is 0 Å². The van der Waals surface area contributed by atoms with E-state index in [1.54, 1.807) is 0 Å². The molecule has 0 spiro atoms. The summed E-state index contributed by atoms with van der Waals surface area (Å²) in [5, 5.41) is 0. The van der Waals surface area contributed by atoms with E-state index >= 15 is 0 Å². The van der Waals surface area contributed by atoms with Gasteiger partial charge in [-0.2, -0.15) is 0 Å². The summed E-state index contributed by atoms with van der Waals surface area (Å²) in [4.78, 5) is 0. The molecule has 1 atom stereocenters. The van der Waals surface area contributed by atoms with Crippen molar-refractivity contribution in [2.45, 2.75) is 32.2 Å². The molecule has 1 nitrogen and oxygen atoms in total. The van der Waals surface area contributed by atoms with Crippen molar-refractivity contribution in [3.05, 3.63) is 12.7 Å². The Morgan fingerprint density at radius 3 is 2.75 bits per heavy atom. The lowest BCUT2D eigenvalue weighted by Gasteiger charge is -2.00. The maximum Gasteiger partial charge on any atom is 0.00105 e. The van der Waals surface area contributed by atoms with Gasteiger partial charge < -0.3 is 5.73 Å². The number of unbranched alkanes of at least 4 members (excludes halogenated alkanes) is 1. The highest BCUT2D eigenvalue weighted by Crippen LogP contribution is 1.97. The molecule has 0 rings (SSSR count). The Kier molecular flexibility index (Phi) is 4.67. The molecule has 8 heavy (non-hydrogen) atoms. The minimum Gasteiger partial charge on any atom is -0.328 e. The Morgan fingerprint density at radius 1 is 1.75 bits per heavy atom. The first-order valence-corrected chi connectivity index (χ1v) is 3.14. The van der Waals surface area contributed by atoms with Crippen molar-refractivity contribution < 1.29 is 0 Å². The molecule has 0 aliphatic heterocycles. The van der Waals surface area contributed by atoms with Crippen LogP contribution in [0.25, 0.3) is 0 Å². The van der Waals surface area contributed by atoms with E-state index < -0.39 is 0 Å². The van der Waals surface area contributed by atoms with Gasteiger partial charge in [0.15, 0.2) is 0 Å². The Labute approximate surface area is 51.6 Å². The second-order valence-electron chi connectivity index (χ2n) is 2.20. The second-order valence-corrected chi connectivity index (χ2v) is 2.20. The smallest absolute Gasteiger partial charge is 0.00105 e. The molecule has 0 heterocycles. The van der Waals surface area contributed by atoms with Gasteiger partial charge >= 0.3 is 0 Å². The third kappa shape index (κ3) is 5.70. The van der Waals surface area contributed by atoms with Crippen molar-refractivity contribution in [3.63, 3.8) is 0 Å². The molecule has 0 saturated heterocycles. The van der Waals surface area contributed by atoms with Crippen molar-refractivity contribution in [3.8, 4) is 0 Å². The van der Waals surface area contributed by atoms with Gasteiger partial charge in [-0.05, 0) is 26.2 Å². The van der Waals surface area contributed by atoms with Crippen LogP contribution in [0.4, 0.5) is 0 Å². The normalized spacial score (nSPS) is 13.2. The summed E-state index contributed by atoms with van der Waals surface area (Å²) in [6.07, 6.45) is 5.33. The highest BCUT2D eigenvalue weighted by molar-refractivity contribution is 4.66. The highest BCUT2D eigenvalue weighted by Gasteiger charge is 1.89. The molecule has 48 valence electrons. The number of hydrogen-bond acceptors (Lipinski definition) is 1. The van der Waals surface area contributed by atoms with Crippen LogP contribution in [0.5, 0.6) is 0 Å². The van der Waals surface area contributed by atoms with Gasteiger partial charge in [0, 0.05) is 6.04 Å². The van der Waals surface area contributed by atoms with Gasteiger partial charge in [0.25, 0.3) is 0 Å². The predicted octanol–water partition coefficient (Wildman–Crippen LogP) is 1.69. The van der Waals surface area contributed by atoms with Crippen LogP contribution in [-0.2, 0) is 0 Å². The van der Waals surface area contributed by atoms with Crippen LogP contribution in [0.15, 0.2) is 12.7 Å². The lowest BCUT2D eigenvalue weighted by Crippen LogP contribution is -2.13. The molecule has 0 aliphatic carbocycles. The molecule has 0 bridgehead atoms. The molecule has 0 aromatic carbocycles. The first kappa shape index (κ1) is 7.70. The predicted molar refractivity (Wildman–Crippen MR) is 37.7 cm³/mol. The Bertz CT molecular complexity index is 57.4. The Balaban J connectivity index is 2.81. The first-order chi connectivity index (χ1) is 3.77. The van der Waals surface area contributed by atoms with Gasteiger partial charge in [0.05, 0.1) is 0 Å². The van der Waals surface area contributed by atoms with E-state index in [0.717, 1.165) is 12.8 Å². The van der Waals surface area contributed by atoms with Gasteiger partial charge in [-0.1, -0.05) is 6.08 Å². The summed E-state index contributed by atoms with van der Waals surface area (Å²) in [7, 11) is 0. The minimum atomic E-state index is 0.356. The molecule has 0 aromatic heterocycles. The van der Waals surface area contributed by atoms with Crippen LogP contribution in [-0.4, -0.2) is 6.04 Å². The molecule has 0 aromatic rings. The largest absolute Gasteiger partial charge is 0.328 e. The summed E-state index contributed by atoms with van der Waals surface area (Å²) in [6, 6.07) is 0.356. The molecule has 0 fully saturated rings. The maximum atomic E-state index is 5.50. The molecule has 0 saturated carbocycles. The van der Waals surface area contributed by atoms with Gasteiger partial charge in [-0.25, -0.2) is 0 Å². The monoisotopic (exact) mass is 113 g/mol. The van der Waals surface area contributed by atoms with Crippen molar-refractivity contribution in [1.29, 1.82) is 0 Å². The van der Waals surface area contributed by atoms with Gasteiger partial charge in [-0.15, -0.1) is 6.58 Å². The third-order valence-electron chi connectivity index (χ3n) is 1.07. The minimum absolute atomic E-state index is 0.356. The Hall–Kier alpha value is -0.300. The van der Waals surface area contributed by atoms with E-state index in [2.05, 4.69) is 6.58 Å². The van der Waals surface area contributed by atoms with Crippen molar-refractivity contribution >= 4 is 0 Å². The molecule has 2 N–H and O–H groups in total. The van der Waals surface area contributed by atoms with E-state index in [1.807, 2.05) is 13.0 Å². The zero-order chi connectivity index (χ0) is 6.41. The summed E-state index contributed by atoms with van der Waals surface area (Å²) in [5.41, 5.74) is 5.50. The quantitative estimate of drug-likeness (QED) is 0.435. The van der Waals surface area contributed by atoms with Crippen LogP contribution in [0.3, 0.4) is 0 Å². The average Bonchev–Trinajstić information content (AvgIpc) is 1.66. The molecule has 0 aliphatic rings. The number of nitrogens with two attached hydrogens (primary N) is 1. The molecular weight excluding hydrogens is 98.1 g/mol. The van der Waals surface area contributed by atoms with E-state index in [-0.39, 0.29) is 0 Å². The Morgan fingerprint density at radius 2 is 2.38 bits per heavy atom. The molecule has 0 unspecified atom stereocenters. The maximum absolute atomic E-state index is 5.50. The van der Waals surface area contributed by atoms with Gasteiger partial charge in [0.2, 0.25) is 0 Å². The van der Waals surface area contributed by atoms with E-state index in [4.69, 9.17) is 5.73 Å². The zero-order valence-electron chi connectivity index (χ0n) is 5.56. The first-order valence-electron chi connectivity index (χ1n) is 3.14. The number of hydrogen-bond donors (Lipinski definition) is 1. The zero-order valence-corrected chi connectivity index (χ0v) is 5.56. The van der Waals surface area contributed by atoms with Crippen LogP contribution in [0.1, 0.15) is 26.2 Å².